The van der Waals surface area contributed by atoms with Crippen LogP contribution in [0.15, 0.2) is 72.8 Å². The molecule has 164 valence electrons. The number of carbonyl (C=O) groups excluding carboxylic acids is 1. The number of hydrogen-bond donors (Lipinski definition) is 1. The van der Waals surface area contributed by atoms with E-state index in [9.17, 15) is 4.79 Å². The smallest absolute Gasteiger partial charge is 0.253 e. The number of hydrogen-bond acceptors (Lipinski definition) is 3. The fraction of sp³-hybridized carbons (Fsp3) is 0.214. The third kappa shape index (κ3) is 4.26. The molecular weight excluding hydrogens is 408 g/mol. The highest BCUT2D eigenvalue weighted by atomic mass is 16.2. The maximum absolute atomic E-state index is 13.1. The van der Waals surface area contributed by atoms with E-state index in [0.29, 0.717) is 17.3 Å². The van der Waals surface area contributed by atoms with Crippen LogP contribution in [0, 0.1) is 11.8 Å². The number of likely N-dealkylation sites (tertiary alicyclic amines) is 1. The Kier molecular flexibility index (Phi) is 5.68. The van der Waals surface area contributed by atoms with Gasteiger partial charge in [0.1, 0.15) is 5.69 Å². The second-order valence-electron chi connectivity index (χ2n) is 8.65. The van der Waals surface area contributed by atoms with Crippen LogP contribution in [0.5, 0.6) is 0 Å². The molecule has 0 saturated carbocycles. The second kappa shape index (κ2) is 8.93. The number of benzene rings is 3. The lowest BCUT2D eigenvalue weighted by molar-refractivity contribution is 0.0783. The van der Waals surface area contributed by atoms with E-state index in [2.05, 4.69) is 59.2 Å². The molecule has 0 spiro atoms. The first-order valence-electron chi connectivity index (χ1n) is 11.2. The molecule has 1 N–H and O–H groups in total. The lowest BCUT2D eigenvalue weighted by atomic mass is 10.00. The van der Waals surface area contributed by atoms with Gasteiger partial charge >= 0.3 is 0 Å². The summed E-state index contributed by atoms with van der Waals surface area (Å²) in [7, 11) is 4.13. The van der Waals surface area contributed by atoms with Crippen molar-refractivity contribution in [3.63, 3.8) is 0 Å². The predicted molar refractivity (Wildman–Crippen MR) is 132 cm³/mol. The summed E-state index contributed by atoms with van der Waals surface area (Å²) in [5.74, 6) is 6.59. The third-order valence-electron chi connectivity index (χ3n) is 6.32. The van der Waals surface area contributed by atoms with Gasteiger partial charge in [0.05, 0.1) is 5.52 Å². The maximum Gasteiger partial charge on any atom is 0.253 e. The number of aromatic amines is 1. The summed E-state index contributed by atoms with van der Waals surface area (Å²) in [6.45, 7) is 1.55. The highest BCUT2D eigenvalue weighted by Gasteiger charge is 2.28. The minimum atomic E-state index is 0.0655. The number of likely N-dealkylation sites (N-methyl/N-ethyl adjacent to an activating group) is 1. The molecular formula is C28H26N4O. The minimum absolute atomic E-state index is 0.0655. The van der Waals surface area contributed by atoms with Gasteiger partial charge in [0.2, 0.25) is 0 Å². The standard InChI is InChI=1S/C28H26N4O/c1-31(2)23-16-17-32(19-23)28(33)22-13-15-27-25(18-22)26(29-30-27)14-12-21-10-6-7-11-24(21)20-8-4-3-5-9-20/h3-11,13,15,18,23H,16-17,19H2,1-2H3,(H,29,30)/t23-/m1/s1. The van der Waals surface area contributed by atoms with Crippen LogP contribution in [-0.2, 0) is 0 Å². The van der Waals surface area contributed by atoms with E-state index >= 15 is 0 Å². The Morgan fingerprint density at radius 3 is 2.61 bits per heavy atom. The molecule has 1 aliphatic heterocycles. The molecule has 0 unspecified atom stereocenters. The Morgan fingerprint density at radius 1 is 1.03 bits per heavy atom. The molecule has 33 heavy (non-hydrogen) atoms. The van der Waals surface area contributed by atoms with Gasteiger partial charge in [-0.05, 0) is 61.8 Å². The first-order chi connectivity index (χ1) is 16.1. The van der Waals surface area contributed by atoms with Crippen LogP contribution in [0.3, 0.4) is 0 Å². The molecule has 3 aromatic carbocycles. The van der Waals surface area contributed by atoms with Gasteiger partial charge < -0.3 is 9.80 Å². The quantitative estimate of drug-likeness (QED) is 0.486. The highest BCUT2D eigenvalue weighted by molar-refractivity contribution is 5.99. The molecule has 1 amide bonds. The molecule has 1 fully saturated rings. The van der Waals surface area contributed by atoms with Gasteiger partial charge in [-0.15, -0.1) is 0 Å². The molecule has 1 aromatic heterocycles. The number of fused-ring (bicyclic) bond motifs is 1. The molecule has 0 bridgehead atoms. The van der Waals surface area contributed by atoms with Gasteiger partial charge in [-0.1, -0.05) is 54.5 Å². The van der Waals surface area contributed by atoms with E-state index in [1.165, 1.54) is 0 Å². The average molecular weight is 435 g/mol. The van der Waals surface area contributed by atoms with Gasteiger partial charge in [-0.25, -0.2) is 0 Å². The van der Waals surface area contributed by atoms with E-state index in [1.54, 1.807) is 0 Å². The molecule has 5 rings (SSSR count). The molecule has 1 aliphatic rings. The summed E-state index contributed by atoms with van der Waals surface area (Å²) < 4.78 is 0. The predicted octanol–water partition coefficient (Wildman–Crippen LogP) is 4.41. The molecule has 1 saturated heterocycles. The molecule has 0 aliphatic carbocycles. The Hall–Kier alpha value is -3.88. The van der Waals surface area contributed by atoms with Crippen LogP contribution < -0.4 is 0 Å². The Balaban J connectivity index is 1.45. The number of H-pyrrole nitrogens is 1. The number of nitrogens with zero attached hydrogens (tertiary/aromatic N) is 3. The van der Waals surface area contributed by atoms with Crippen molar-refractivity contribution in [1.29, 1.82) is 0 Å². The van der Waals surface area contributed by atoms with E-state index in [4.69, 9.17) is 0 Å². The Morgan fingerprint density at radius 2 is 1.82 bits per heavy atom. The van der Waals surface area contributed by atoms with Gasteiger partial charge in [-0.3, -0.25) is 9.89 Å². The number of rotatable bonds is 3. The van der Waals surface area contributed by atoms with E-state index < -0.39 is 0 Å². The van der Waals surface area contributed by atoms with Crippen molar-refractivity contribution in [3.8, 4) is 23.0 Å². The zero-order valence-electron chi connectivity index (χ0n) is 18.9. The van der Waals surface area contributed by atoms with Crippen molar-refractivity contribution in [2.24, 2.45) is 0 Å². The number of nitrogens with one attached hydrogen (secondary N) is 1. The van der Waals surface area contributed by atoms with E-state index in [1.807, 2.05) is 59.5 Å². The monoisotopic (exact) mass is 434 g/mol. The summed E-state index contributed by atoms with van der Waals surface area (Å²) in [4.78, 5) is 17.2. The highest BCUT2D eigenvalue weighted by Crippen LogP contribution is 2.24. The summed E-state index contributed by atoms with van der Waals surface area (Å²) in [5.41, 5.74) is 5.36. The lowest BCUT2D eigenvalue weighted by Crippen LogP contribution is -2.34. The first-order valence-corrected chi connectivity index (χ1v) is 11.2. The average Bonchev–Trinajstić information content (AvgIpc) is 3.50. The number of aromatic nitrogens is 2. The van der Waals surface area contributed by atoms with Crippen molar-refractivity contribution in [2.45, 2.75) is 12.5 Å². The van der Waals surface area contributed by atoms with Gasteiger partial charge in [0.25, 0.3) is 5.91 Å². The molecule has 2 heterocycles. The van der Waals surface area contributed by atoms with E-state index in [-0.39, 0.29) is 5.91 Å². The van der Waals surface area contributed by atoms with Crippen molar-refractivity contribution in [3.05, 3.63) is 89.6 Å². The SMILES string of the molecule is CN(C)[C@@H]1CCN(C(=O)c2ccc3[nH]nc(C#Cc4ccccc4-c4ccccc4)c3c2)C1. The van der Waals surface area contributed by atoms with Gasteiger partial charge in [0.15, 0.2) is 0 Å². The summed E-state index contributed by atoms with van der Waals surface area (Å²) in [5, 5.41) is 8.33. The summed E-state index contributed by atoms with van der Waals surface area (Å²) >= 11 is 0. The number of carbonyl (C=O) groups is 1. The lowest BCUT2D eigenvalue weighted by Gasteiger charge is -2.20. The molecule has 0 radical (unpaired) electrons. The molecule has 5 nitrogen and oxygen atoms in total. The summed E-state index contributed by atoms with van der Waals surface area (Å²) in [6.07, 6.45) is 1.00. The largest absolute Gasteiger partial charge is 0.337 e. The van der Waals surface area contributed by atoms with Gasteiger partial charge in [0, 0.05) is 35.6 Å². The second-order valence-corrected chi connectivity index (χ2v) is 8.65. The van der Waals surface area contributed by atoms with Gasteiger partial charge in [-0.2, -0.15) is 5.10 Å². The van der Waals surface area contributed by atoms with Crippen LogP contribution >= 0.6 is 0 Å². The van der Waals surface area contributed by atoms with Crippen LogP contribution in [0.2, 0.25) is 0 Å². The van der Waals surface area contributed by atoms with Crippen molar-refractivity contribution in [2.75, 3.05) is 27.2 Å². The van der Waals surface area contributed by atoms with Crippen molar-refractivity contribution < 1.29 is 4.79 Å². The normalized spacial score (nSPS) is 15.6. The maximum atomic E-state index is 13.1. The fourth-order valence-corrected chi connectivity index (χ4v) is 4.36. The zero-order valence-corrected chi connectivity index (χ0v) is 18.9. The van der Waals surface area contributed by atoms with Crippen LogP contribution in [-0.4, -0.2) is 59.1 Å². The third-order valence-corrected chi connectivity index (χ3v) is 6.32. The fourth-order valence-electron chi connectivity index (χ4n) is 4.36. The molecule has 5 heteroatoms. The molecule has 4 aromatic rings. The topological polar surface area (TPSA) is 52.2 Å². The Bertz CT molecular complexity index is 1360. The number of amides is 1. The summed E-state index contributed by atoms with van der Waals surface area (Å²) in [6, 6.07) is 24.5. The van der Waals surface area contributed by atoms with Crippen LogP contribution in [0.25, 0.3) is 22.0 Å². The first kappa shape index (κ1) is 21.0. The minimum Gasteiger partial charge on any atom is -0.337 e. The van der Waals surface area contributed by atoms with E-state index in [0.717, 1.165) is 47.1 Å². The Labute approximate surface area is 194 Å². The van der Waals surface area contributed by atoms with Crippen LogP contribution in [0.4, 0.5) is 0 Å². The zero-order chi connectivity index (χ0) is 22.8. The molecule has 1 atom stereocenters. The van der Waals surface area contributed by atoms with Crippen molar-refractivity contribution in [1.82, 2.24) is 20.0 Å². The van der Waals surface area contributed by atoms with Crippen LogP contribution in [0.1, 0.15) is 28.0 Å². The van der Waals surface area contributed by atoms with Crippen molar-refractivity contribution >= 4 is 16.8 Å².